The Balaban J connectivity index is 2.46. The van der Waals surface area contributed by atoms with E-state index in [0.717, 1.165) is 17.7 Å². The van der Waals surface area contributed by atoms with Crippen molar-refractivity contribution < 1.29 is 9.47 Å². The number of allylic oxidation sites excluding steroid dienone is 5. The number of hydrogen-bond donors (Lipinski definition) is 0. The number of dihydropyridines is 1. The number of ether oxygens (including phenoxy) is 2. The maximum absolute atomic E-state index is 5.30. The number of methoxy groups -OCH3 is 2. The van der Waals surface area contributed by atoms with Crippen LogP contribution in [0.5, 0.6) is 0 Å². The fourth-order valence-electron chi connectivity index (χ4n) is 1.89. The Hall–Kier alpha value is -1.19. The third-order valence-electron chi connectivity index (χ3n) is 2.70. The molecule has 3 heteroatoms. The SMILES string of the molecule is COC1(OC)C=C2C=CCC=C2C(C)=N1. The van der Waals surface area contributed by atoms with Crippen LogP contribution in [-0.4, -0.2) is 25.8 Å². The van der Waals surface area contributed by atoms with Gasteiger partial charge in [-0.05, 0) is 24.5 Å². The maximum atomic E-state index is 5.30. The van der Waals surface area contributed by atoms with E-state index in [-0.39, 0.29) is 0 Å². The summed E-state index contributed by atoms with van der Waals surface area (Å²) >= 11 is 0. The monoisotopic (exact) mass is 205 g/mol. The van der Waals surface area contributed by atoms with E-state index in [1.165, 1.54) is 5.57 Å². The number of rotatable bonds is 2. The Morgan fingerprint density at radius 1 is 1.33 bits per heavy atom. The average molecular weight is 205 g/mol. The lowest BCUT2D eigenvalue weighted by Gasteiger charge is -2.30. The van der Waals surface area contributed by atoms with E-state index in [1.54, 1.807) is 14.2 Å². The standard InChI is InChI=1S/C12H15NO2/c1-9-11-7-5-4-6-10(11)8-12(13-9,14-2)15-3/h4,6-8H,5H2,1-3H3. The van der Waals surface area contributed by atoms with Crippen molar-refractivity contribution in [3.8, 4) is 0 Å². The molecule has 3 nitrogen and oxygen atoms in total. The molecule has 0 aromatic rings. The highest BCUT2D eigenvalue weighted by atomic mass is 16.7. The van der Waals surface area contributed by atoms with Crippen molar-refractivity contribution in [3.05, 3.63) is 35.5 Å². The van der Waals surface area contributed by atoms with Crippen LogP contribution in [-0.2, 0) is 9.47 Å². The summed E-state index contributed by atoms with van der Waals surface area (Å²) in [6, 6.07) is 0. The molecule has 80 valence electrons. The molecule has 0 aromatic carbocycles. The molecule has 0 spiro atoms. The van der Waals surface area contributed by atoms with Gasteiger partial charge in [0, 0.05) is 26.0 Å². The lowest BCUT2D eigenvalue weighted by atomic mass is 9.93. The second-order valence-electron chi connectivity index (χ2n) is 3.59. The molecule has 2 aliphatic rings. The largest absolute Gasteiger partial charge is 0.331 e. The Morgan fingerprint density at radius 2 is 2.07 bits per heavy atom. The van der Waals surface area contributed by atoms with Crippen LogP contribution in [0.1, 0.15) is 13.3 Å². The summed E-state index contributed by atoms with van der Waals surface area (Å²) in [5, 5.41) is 0. The first-order chi connectivity index (χ1) is 7.21. The molecule has 0 saturated carbocycles. The van der Waals surface area contributed by atoms with Crippen molar-refractivity contribution >= 4 is 5.71 Å². The highest BCUT2D eigenvalue weighted by molar-refractivity contribution is 6.04. The van der Waals surface area contributed by atoms with Gasteiger partial charge in [-0.3, -0.25) is 0 Å². The van der Waals surface area contributed by atoms with Crippen LogP contribution < -0.4 is 0 Å². The topological polar surface area (TPSA) is 30.8 Å². The lowest BCUT2D eigenvalue weighted by molar-refractivity contribution is -0.163. The summed E-state index contributed by atoms with van der Waals surface area (Å²) in [6.07, 6.45) is 9.23. The van der Waals surface area contributed by atoms with E-state index in [1.807, 2.05) is 13.0 Å². The quantitative estimate of drug-likeness (QED) is 0.647. The highest BCUT2D eigenvalue weighted by Crippen LogP contribution is 2.31. The number of hydrogen-bond acceptors (Lipinski definition) is 3. The van der Waals surface area contributed by atoms with Crippen molar-refractivity contribution in [2.75, 3.05) is 14.2 Å². The van der Waals surface area contributed by atoms with E-state index in [0.29, 0.717) is 0 Å². The van der Waals surface area contributed by atoms with Gasteiger partial charge in [-0.25, -0.2) is 4.99 Å². The van der Waals surface area contributed by atoms with Crippen LogP contribution in [0.2, 0.25) is 0 Å². The Bertz CT molecular complexity index is 384. The second kappa shape index (κ2) is 3.76. The molecule has 1 aliphatic carbocycles. The van der Waals surface area contributed by atoms with Gasteiger partial charge < -0.3 is 9.47 Å². The molecule has 0 bridgehead atoms. The third kappa shape index (κ3) is 1.68. The first-order valence-electron chi connectivity index (χ1n) is 4.98. The van der Waals surface area contributed by atoms with Gasteiger partial charge in [-0.2, -0.15) is 0 Å². The van der Waals surface area contributed by atoms with Crippen LogP contribution >= 0.6 is 0 Å². The molecule has 1 aliphatic heterocycles. The van der Waals surface area contributed by atoms with Crippen LogP contribution in [0, 0.1) is 0 Å². The van der Waals surface area contributed by atoms with Gasteiger partial charge in [0.2, 0.25) is 0 Å². The molecule has 0 radical (unpaired) electrons. The van der Waals surface area contributed by atoms with Gasteiger partial charge in [0.25, 0.3) is 5.91 Å². The molecule has 15 heavy (non-hydrogen) atoms. The van der Waals surface area contributed by atoms with Crippen molar-refractivity contribution in [1.29, 1.82) is 0 Å². The summed E-state index contributed by atoms with van der Waals surface area (Å²) in [6.45, 7) is 1.98. The minimum Gasteiger partial charge on any atom is -0.331 e. The fourth-order valence-corrected chi connectivity index (χ4v) is 1.89. The number of aliphatic imine (C=N–C) groups is 1. The van der Waals surface area contributed by atoms with Gasteiger partial charge in [0.05, 0.1) is 0 Å². The first kappa shape index (κ1) is 10.3. The predicted molar refractivity (Wildman–Crippen MR) is 59.8 cm³/mol. The van der Waals surface area contributed by atoms with Gasteiger partial charge in [0.1, 0.15) is 0 Å². The summed E-state index contributed by atoms with van der Waals surface area (Å²) in [5.74, 6) is -0.946. The predicted octanol–water partition coefficient (Wildman–Crippen LogP) is 2.22. The molecule has 0 fully saturated rings. The van der Waals surface area contributed by atoms with Crippen LogP contribution in [0.3, 0.4) is 0 Å². The van der Waals surface area contributed by atoms with Gasteiger partial charge >= 0.3 is 0 Å². The normalized spacial score (nSPS) is 22.7. The molecule has 0 N–H and O–H groups in total. The number of nitrogens with zero attached hydrogens (tertiary/aromatic N) is 1. The van der Waals surface area contributed by atoms with E-state index in [4.69, 9.17) is 9.47 Å². The zero-order chi connectivity index (χ0) is 10.9. The average Bonchev–Trinajstić information content (AvgIpc) is 2.29. The van der Waals surface area contributed by atoms with Crippen molar-refractivity contribution in [3.63, 3.8) is 0 Å². The summed E-state index contributed by atoms with van der Waals surface area (Å²) < 4.78 is 10.6. The molecule has 0 aromatic heterocycles. The molecule has 2 rings (SSSR count). The third-order valence-corrected chi connectivity index (χ3v) is 2.70. The maximum Gasteiger partial charge on any atom is 0.291 e. The molecule has 1 heterocycles. The lowest BCUT2D eigenvalue weighted by Crippen LogP contribution is -2.33. The Labute approximate surface area is 89.8 Å². The summed E-state index contributed by atoms with van der Waals surface area (Å²) in [7, 11) is 3.19. The molecular formula is C12H15NO2. The Morgan fingerprint density at radius 3 is 2.73 bits per heavy atom. The van der Waals surface area contributed by atoms with E-state index in [9.17, 15) is 0 Å². The van der Waals surface area contributed by atoms with Gasteiger partial charge in [-0.1, -0.05) is 18.2 Å². The van der Waals surface area contributed by atoms with Gasteiger partial charge in [-0.15, -0.1) is 0 Å². The van der Waals surface area contributed by atoms with Gasteiger partial charge in [0.15, 0.2) is 0 Å². The molecule has 0 saturated heterocycles. The van der Waals surface area contributed by atoms with E-state index >= 15 is 0 Å². The minimum atomic E-state index is -0.946. The molecule has 0 atom stereocenters. The van der Waals surface area contributed by atoms with Crippen molar-refractivity contribution in [1.82, 2.24) is 0 Å². The second-order valence-corrected chi connectivity index (χ2v) is 3.59. The first-order valence-corrected chi connectivity index (χ1v) is 4.98. The summed E-state index contributed by atoms with van der Waals surface area (Å²) in [5.41, 5.74) is 3.26. The van der Waals surface area contributed by atoms with Crippen LogP contribution in [0.4, 0.5) is 0 Å². The van der Waals surface area contributed by atoms with E-state index in [2.05, 4.69) is 23.2 Å². The van der Waals surface area contributed by atoms with E-state index < -0.39 is 5.91 Å². The smallest absolute Gasteiger partial charge is 0.291 e. The molecular weight excluding hydrogens is 190 g/mol. The Kier molecular flexibility index (Phi) is 2.59. The zero-order valence-electron chi connectivity index (χ0n) is 9.28. The highest BCUT2D eigenvalue weighted by Gasteiger charge is 2.32. The van der Waals surface area contributed by atoms with Crippen molar-refractivity contribution in [2.24, 2.45) is 4.99 Å². The van der Waals surface area contributed by atoms with Crippen molar-refractivity contribution in [2.45, 2.75) is 19.3 Å². The van der Waals surface area contributed by atoms with Crippen LogP contribution in [0.25, 0.3) is 0 Å². The van der Waals surface area contributed by atoms with Crippen LogP contribution in [0.15, 0.2) is 40.4 Å². The zero-order valence-corrected chi connectivity index (χ0v) is 9.28. The fraction of sp³-hybridized carbons (Fsp3) is 0.417. The summed E-state index contributed by atoms with van der Waals surface area (Å²) in [4.78, 5) is 4.43. The molecule has 0 unspecified atom stereocenters. The minimum absolute atomic E-state index is 0.946. The molecule has 0 amide bonds. The number of fused-ring (bicyclic) bond motifs is 1.